The van der Waals surface area contributed by atoms with E-state index in [1.807, 2.05) is 0 Å². The normalized spacial score (nSPS) is 21.0. The minimum Gasteiger partial charge on any atom is -0.295 e. The lowest BCUT2D eigenvalue weighted by atomic mass is 10.0. The summed E-state index contributed by atoms with van der Waals surface area (Å²) in [6, 6.07) is 4.54. The van der Waals surface area contributed by atoms with Gasteiger partial charge in [0.1, 0.15) is 18.2 Å². The highest BCUT2D eigenvalue weighted by Gasteiger charge is 2.41. The molecule has 2 aromatic rings. The van der Waals surface area contributed by atoms with E-state index in [0.717, 1.165) is 0 Å². The molecule has 0 spiro atoms. The Bertz CT molecular complexity index is 812. The van der Waals surface area contributed by atoms with Crippen molar-refractivity contribution in [2.75, 3.05) is 4.90 Å². The molecule has 3 heterocycles. The fraction of sp³-hybridized carbons (Fsp3) is 0.214. The van der Waals surface area contributed by atoms with E-state index in [0.29, 0.717) is 28.7 Å². The van der Waals surface area contributed by atoms with Crippen molar-refractivity contribution >= 4 is 34.4 Å². The van der Waals surface area contributed by atoms with E-state index in [2.05, 4.69) is 15.3 Å². The maximum atomic E-state index is 12.6. The summed E-state index contributed by atoms with van der Waals surface area (Å²) in [5.41, 5.74) is 1.16. The van der Waals surface area contributed by atoms with Gasteiger partial charge in [-0.25, -0.2) is 9.97 Å². The van der Waals surface area contributed by atoms with E-state index in [9.17, 15) is 14.4 Å². The SMILES string of the molecule is O=C1CCC(N2C(=O)c3cccc4ncnc2c34)C(=O)N1. The van der Waals surface area contributed by atoms with Gasteiger partial charge in [-0.15, -0.1) is 0 Å². The fourth-order valence-corrected chi connectivity index (χ4v) is 2.90. The third-order valence-electron chi connectivity index (χ3n) is 3.84. The number of imide groups is 1. The molecule has 0 saturated carbocycles. The first-order valence-electron chi connectivity index (χ1n) is 6.58. The van der Waals surface area contributed by atoms with Crippen molar-refractivity contribution in [1.29, 1.82) is 0 Å². The number of aromatic nitrogens is 2. The van der Waals surface area contributed by atoms with Crippen LogP contribution in [0.5, 0.6) is 0 Å². The van der Waals surface area contributed by atoms with Gasteiger partial charge in [0, 0.05) is 6.42 Å². The minimum absolute atomic E-state index is 0.213. The molecule has 1 fully saturated rings. The minimum atomic E-state index is -0.708. The summed E-state index contributed by atoms with van der Waals surface area (Å²) in [7, 11) is 0. The Kier molecular flexibility index (Phi) is 2.32. The quantitative estimate of drug-likeness (QED) is 0.764. The van der Waals surface area contributed by atoms with Crippen molar-refractivity contribution in [2.45, 2.75) is 18.9 Å². The summed E-state index contributed by atoms with van der Waals surface area (Å²) in [4.78, 5) is 45.6. The van der Waals surface area contributed by atoms with Gasteiger partial charge < -0.3 is 0 Å². The maximum Gasteiger partial charge on any atom is 0.261 e. The van der Waals surface area contributed by atoms with Crippen LogP contribution in [0, 0.1) is 0 Å². The van der Waals surface area contributed by atoms with E-state index in [1.165, 1.54) is 11.2 Å². The van der Waals surface area contributed by atoms with E-state index in [4.69, 9.17) is 0 Å². The number of hydrogen-bond acceptors (Lipinski definition) is 5. The summed E-state index contributed by atoms with van der Waals surface area (Å²) in [6.07, 6.45) is 1.89. The monoisotopic (exact) mass is 282 g/mol. The molecule has 3 amide bonds. The standard InChI is InChI=1S/C14H10N4O3/c19-10-5-4-9(13(20)17-10)18-12-11-7(14(18)21)2-1-3-8(11)15-6-16-12/h1-3,6,9H,4-5H2,(H,17,19,20). The molecule has 0 radical (unpaired) electrons. The Hall–Kier alpha value is -2.83. The molecule has 0 aliphatic carbocycles. The molecule has 7 heteroatoms. The van der Waals surface area contributed by atoms with Crippen molar-refractivity contribution in [1.82, 2.24) is 15.3 Å². The second-order valence-electron chi connectivity index (χ2n) is 5.04. The van der Waals surface area contributed by atoms with Crippen LogP contribution in [0.4, 0.5) is 5.82 Å². The third kappa shape index (κ3) is 1.57. The van der Waals surface area contributed by atoms with Crippen LogP contribution in [0.2, 0.25) is 0 Å². The first-order valence-corrected chi connectivity index (χ1v) is 6.58. The van der Waals surface area contributed by atoms with Crippen molar-refractivity contribution < 1.29 is 14.4 Å². The average Bonchev–Trinajstić information content (AvgIpc) is 2.75. The molecular formula is C14H10N4O3. The average molecular weight is 282 g/mol. The Morgan fingerprint density at radius 2 is 2.05 bits per heavy atom. The van der Waals surface area contributed by atoms with Crippen LogP contribution in [0.25, 0.3) is 10.9 Å². The number of piperidine rings is 1. The topological polar surface area (TPSA) is 92.3 Å². The highest BCUT2D eigenvalue weighted by Crippen LogP contribution is 2.36. The van der Waals surface area contributed by atoms with Crippen LogP contribution >= 0.6 is 0 Å². The lowest BCUT2D eigenvalue weighted by molar-refractivity contribution is -0.134. The fourth-order valence-electron chi connectivity index (χ4n) is 2.90. The summed E-state index contributed by atoms with van der Waals surface area (Å²) in [5, 5.41) is 2.93. The molecule has 2 aliphatic rings. The van der Waals surface area contributed by atoms with Crippen LogP contribution in [-0.4, -0.2) is 33.7 Å². The largest absolute Gasteiger partial charge is 0.295 e. The van der Waals surface area contributed by atoms with Gasteiger partial charge in [0.25, 0.3) is 5.91 Å². The summed E-state index contributed by atoms with van der Waals surface area (Å²) < 4.78 is 0. The van der Waals surface area contributed by atoms with Crippen LogP contribution in [0.15, 0.2) is 24.5 Å². The zero-order chi connectivity index (χ0) is 14.6. The predicted molar refractivity (Wildman–Crippen MR) is 72.5 cm³/mol. The van der Waals surface area contributed by atoms with Gasteiger partial charge in [-0.2, -0.15) is 0 Å². The first-order chi connectivity index (χ1) is 10.2. The number of benzene rings is 1. The van der Waals surface area contributed by atoms with Gasteiger partial charge >= 0.3 is 0 Å². The maximum absolute atomic E-state index is 12.6. The van der Waals surface area contributed by atoms with Crippen LogP contribution in [-0.2, 0) is 9.59 Å². The van der Waals surface area contributed by atoms with Gasteiger partial charge in [-0.1, -0.05) is 6.07 Å². The molecule has 1 saturated heterocycles. The van der Waals surface area contributed by atoms with E-state index in [-0.39, 0.29) is 18.2 Å². The second-order valence-corrected chi connectivity index (χ2v) is 5.04. The van der Waals surface area contributed by atoms with Crippen LogP contribution < -0.4 is 10.2 Å². The number of rotatable bonds is 1. The molecule has 1 aromatic heterocycles. The van der Waals surface area contributed by atoms with Gasteiger partial charge in [0.15, 0.2) is 0 Å². The Balaban J connectivity index is 1.86. The van der Waals surface area contributed by atoms with E-state index in [1.54, 1.807) is 18.2 Å². The third-order valence-corrected chi connectivity index (χ3v) is 3.84. The zero-order valence-corrected chi connectivity index (χ0v) is 10.9. The molecule has 1 aromatic carbocycles. The zero-order valence-electron chi connectivity index (χ0n) is 10.9. The van der Waals surface area contributed by atoms with Gasteiger partial charge in [0.05, 0.1) is 16.5 Å². The molecule has 4 rings (SSSR count). The van der Waals surface area contributed by atoms with E-state index < -0.39 is 11.9 Å². The van der Waals surface area contributed by atoms with Crippen molar-refractivity contribution in [3.63, 3.8) is 0 Å². The highest BCUT2D eigenvalue weighted by molar-refractivity contribution is 6.25. The number of carbonyl (C=O) groups is 3. The van der Waals surface area contributed by atoms with Crippen LogP contribution in [0.1, 0.15) is 23.2 Å². The van der Waals surface area contributed by atoms with Crippen molar-refractivity contribution in [3.8, 4) is 0 Å². The van der Waals surface area contributed by atoms with Crippen molar-refractivity contribution in [2.24, 2.45) is 0 Å². The molecule has 0 bridgehead atoms. The Morgan fingerprint density at radius 1 is 1.19 bits per heavy atom. The molecule has 7 nitrogen and oxygen atoms in total. The van der Waals surface area contributed by atoms with Gasteiger partial charge in [-0.3, -0.25) is 24.6 Å². The second kappa shape index (κ2) is 4.08. The molecule has 21 heavy (non-hydrogen) atoms. The van der Waals surface area contributed by atoms with Gasteiger partial charge in [0.2, 0.25) is 11.8 Å². The number of nitrogens with one attached hydrogen (secondary N) is 1. The molecule has 2 aliphatic heterocycles. The Morgan fingerprint density at radius 3 is 2.86 bits per heavy atom. The summed E-state index contributed by atoms with van der Waals surface area (Å²) in [5.74, 6) is -0.604. The number of anilines is 1. The molecular weight excluding hydrogens is 272 g/mol. The smallest absolute Gasteiger partial charge is 0.261 e. The van der Waals surface area contributed by atoms with Crippen LogP contribution in [0.3, 0.4) is 0 Å². The number of hydrogen-bond donors (Lipinski definition) is 1. The predicted octanol–water partition coefficient (Wildman–Crippen LogP) is 0.395. The lowest BCUT2D eigenvalue weighted by Crippen LogP contribution is -2.53. The number of amides is 3. The summed E-state index contributed by atoms with van der Waals surface area (Å²) >= 11 is 0. The van der Waals surface area contributed by atoms with Crippen molar-refractivity contribution in [3.05, 3.63) is 30.1 Å². The number of nitrogens with zero attached hydrogens (tertiary/aromatic N) is 3. The highest BCUT2D eigenvalue weighted by atomic mass is 16.2. The lowest BCUT2D eigenvalue weighted by Gasteiger charge is -2.29. The van der Waals surface area contributed by atoms with Gasteiger partial charge in [-0.05, 0) is 18.6 Å². The van der Waals surface area contributed by atoms with E-state index >= 15 is 0 Å². The Labute approximate surface area is 119 Å². The summed E-state index contributed by atoms with van der Waals surface area (Å²) in [6.45, 7) is 0. The molecule has 1 atom stereocenters. The first kappa shape index (κ1) is 12.0. The number of carbonyl (C=O) groups excluding carboxylic acids is 3. The molecule has 1 unspecified atom stereocenters. The molecule has 104 valence electrons. The molecule has 1 N–H and O–H groups in total.